The molecule has 0 unspecified atom stereocenters. The SMILES string of the molecule is COC(=O)c1cc(C#Cc2cc(C(C)(C)C)cc(C(C)(C)C)c2)c(C)cc1C#Cc1cc(C(C)(C)C)cc(C(C)(C)C)c1. The van der Waals surface area contributed by atoms with Gasteiger partial charge in [0.2, 0.25) is 0 Å². The third kappa shape index (κ3) is 8.65. The first-order chi connectivity index (χ1) is 19.6. The molecule has 0 aliphatic rings. The van der Waals surface area contributed by atoms with E-state index in [2.05, 4.69) is 143 Å². The average molecular weight is 575 g/mol. The number of esters is 1. The van der Waals surface area contributed by atoms with Crippen LogP contribution < -0.4 is 0 Å². The van der Waals surface area contributed by atoms with Gasteiger partial charge in [0, 0.05) is 22.3 Å². The molecule has 0 spiro atoms. The van der Waals surface area contributed by atoms with Crippen molar-refractivity contribution in [3.05, 3.63) is 104 Å². The van der Waals surface area contributed by atoms with E-state index >= 15 is 0 Å². The van der Waals surface area contributed by atoms with Gasteiger partial charge in [-0.1, -0.05) is 119 Å². The van der Waals surface area contributed by atoms with Crippen molar-refractivity contribution in [2.75, 3.05) is 7.11 Å². The summed E-state index contributed by atoms with van der Waals surface area (Å²) in [5.74, 6) is 13.0. The monoisotopic (exact) mass is 574 g/mol. The second kappa shape index (κ2) is 12.1. The van der Waals surface area contributed by atoms with Crippen molar-refractivity contribution in [1.29, 1.82) is 0 Å². The summed E-state index contributed by atoms with van der Waals surface area (Å²) >= 11 is 0. The van der Waals surface area contributed by atoms with E-state index in [1.807, 2.05) is 19.1 Å². The molecule has 0 bridgehead atoms. The molecule has 0 saturated heterocycles. The summed E-state index contributed by atoms with van der Waals surface area (Å²) < 4.78 is 5.17. The van der Waals surface area contributed by atoms with Crippen molar-refractivity contribution in [2.24, 2.45) is 0 Å². The Bertz CT molecular complexity index is 1580. The van der Waals surface area contributed by atoms with Crippen LogP contribution in [-0.2, 0) is 26.4 Å². The maximum Gasteiger partial charge on any atom is 0.339 e. The van der Waals surface area contributed by atoms with Gasteiger partial charge in [0.15, 0.2) is 0 Å². The summed E-state index contributed by atoms with van der Waals surface area (Å²) in [6.45, 7) is 28.7. The molecule has 0 saturated carbocycles. The first-order valence-corrected chi connectivity index (χ1v) is 15.2. The summed E-state index contributed by atoms with van der Waals surface area (Å²) in [5, 5.41) is 0. The molecule has 0 N–H and O–H groups in total. The van der Waals surface area contributed by atoms with Crippen LogP contribution in [0.3, 0.4) is 0 Å². The van der Waals surface area contributed by atoms with E-state index in [1.165, 1.54) is 29.4 Å². The fraction of sp³-hybridized carbons (Fsp3) is 0.439. The number of carbonyl (C=O) groups is 1. The van der Waals surface area contributed by atoms with Gasteiger partial charge in [-0.3, -0.25) is 0 Å². The lowest BCUT2D eigenvalue weighted by Crippen LogP contribution is -2.16. The first-order valence-electron chi connectivity index (χ1n) is 15.2. The van der Waals surface area contributed by atoms with Crippen LogP contribution in [0.15, 0.2) is 48.5 Å². The Morgan fingerprint density at radius 3 is 1.19 bits per heavy atom. The lowest BCUT2D eigenvalue weighted by atomic mass is 9.79. The molecular formula is C41H50O2. The molecule has 0 radical (unpaired) electrons. The van der Waals surface area contributed by atoms with Crippen molar-refractivity contribution in [2.45, 2.75) is 112 Å². The highest BCUT2D eigenvalue weighted by atomic mass is 16.5. The van der Waals surface area contributed by atoms with Crippen LogP contribution in [0.1, 0.15) is 144 Å². The molecule has 0 heterocycles. The van der Waals surface area contributed by atoms with Crippen molar-refractivity contribution >= 4 is 5.97 Å². The summed E-state index contributed by atoms with van der Waals surface area (Å²) in [6.07, 6.45) is 0. The zero-order valence-electron chi connectivity index (χ0n) is 28.9. The molecule has 0 fully saturated rings. The fourth-order valence-corrected chi connectivity index (χ4v) is 4.64. The van der Waals surface area contributed by atoms with Gasteiger partial charge in [-0.25, -0.2) is 4.79 Å². The maximum absolute atomic E-state index is 12.9. The summed E-state index contributed by atoms with van der Waals surface area (Å²) in [5.41, 5.74) is 9.70. The molecule has 0 atom stereocenters. The number of ether oxygens (including phenoxy) is 1. The van der Waals surface area contributed by atoms with E-state index in [4.69, 9.17) is 4.74 Å². The molecule has 0 aliphatic carbocycles. The van der Waals surface area contributed by atoms with E-state index < -0.39 is 5.97 Å². The average Bonchev–Trinajstić information content (AvgIpc) is 2.88. The normalized spacial score (nSPS) is 12.1. The first kappa shape index (κ1) is 33.7. The van der Waals surface area contributed by atoms with Crippen LogP contribution in [0.4, 0.5) is 0 Å². The second-order valence-corrected chi connectivity index (χ2v) is 15.8. The minimum absolute atomic E-state index is 0.00597. The Kier molecular flexibility index (Phi) is 9.49. The van der Waals surface area contributed by atoms with Gasteiger partial charge >= 0.3 is 5.97 Å². The Hall–Kier alpha value is -3.75. The maximum atomic E-state index is 12.9. The number of carbonyl (C=O) groups excluding carboxylic acids is 1. The molecule has 2 heteroatoms. The molecule has 0 aliphatic heterocycles. The van der Waals surface area contributed by atoms with Crippen molar-refractivity contribution < 1.29 is 9.53 Å². The van der Waals surface area contributed by atoms with Crippen molar-refractivity contribution in [1.82, 2.24) is 0 Å². The molecule has 3 rings (SSSR count). The molecule has 0 aromatic heterocycles. The van der Waals surface area contributed by atoms with Crippen molar-refractivity contribution in [3.8, 4) is 23.7 Å². The van der Waals surface area contributed by atoms with E-state index in [-0.39, 0.29) is 21.7 Å². The number of aryl methyl sites for hydroxylation is 1. The zero-order chi connectivity index (χ0) is 32.5. The number of methoxy groups -OCH3 is 1. The van der Waals surface area contributed by atoms with Crippen LogP contribution in [0.2, 0.25) is 0 Å². The predicted octanol–water partition coefficient (Wildman–Crippen LogP) is 9.77. The standard InChI is InChI=1S/C41H50O2/c1-27-19-31(18-16-29-22-34(40(8,9)10)26-35(23-29)41(11,12)13)36(37(42)43-14)24-30(27)17-15-28-20-32(38(2,3)4)25-33(21-28)39(5,6)7/h19-26H,1-14H3. The molecule has 226 valence electrons. The van der Waals surface area contributed by atoms with Gasteiger partial charge in [0.25, 0.3) is 0 Å². The van der Waals surface area contributed by atoms with E-state index in [0.29, 0.717) is 11.1 Å². The molecule has 3 aromatic carbocycles. The smallest absolute Gasteiger partial charge is 0.339 e. The third-order valence-corrected chi connectivity index (χ3v) is 7.78. The fourth-order valence-electron chi connectivity index (χ4n) is 4.64. The van der Waals surface area contributed by atoms with Gasteiger partial charge in [-0.15, -0.1) is 0 Å². The number of hydrogen-bond acceptors (Lipinski definition) is 2. The predicted molar refractivity (Wildman–Crippen MR) is 182 cm³/mol. The van der Waals surface area contributed by atoms with Gasteiger partial charge in [0.1, 0.15) is 0 Å². The Labute approximate surface area is 261 Å². The minimum atomic E-state index is -0.420. The van der Waals surface area contributed by atoms with E-state index in [0.717, 1.165) is 22.3 Å². The van der Waals surface area contributed by atoms with Gasteiger partial charge in [-0.05, 0) is 92.8 Å². The molecule has 43 heavy (non-hydrogen) atoms. The van der Waals surface area contributed by atoms with Crippen LogP contribution >= 0.6 is 0 Å². The molecule has 3 aromatic rings. The number of hydrogen-bond donors (Lipinski definition) is 0. The number of rotatable bonds is 1. The highest BCUT2D eigenvalue weighted by Crippen LogP contribution is 2.31. The van der Waals surface area contributed by atoms with Crippen LogP contribution in [0.25, 0.3) is 0 Å². The molecule has 0 amide bonds. The van der Waals surface area contributed by atoms with Crippen LogP contribution in [0, 0.1) is 30.6 Å². The Balaban J connectivity index is 2.15. The second-order valence-electron chi connectivity index (χ2n) is 15.8. The Morgan fingerprint density at radius 1 is 0.512 bits per heavy atom. The highest BCUT2D eigenvalue weighted by Gasteiger charge is 2.22. The largest absolute Gasteiger partial charge is 0.465 e. The van der Waals surface area contributed by atoms with Crippen LogP contribution in [-0.4, -0.2) is 13.1 Å². The summed E-state index contributed by atoms with van der Waals surface area (Å²) in [4.78, 5) is 12.9. The topological polar surface area (TPSA) is 26.3 Å². The van der Waals surface area contributed by atoms with E-state index in [9.17, 15) is 4.79 Å². The van der Waals surface area contributed by atoms with E-state index in [1.54, 1.807) is 0 Å². The quantitative estimate of drug-likeness (QED) is 0.214. The highest BCUT2D eigenvalue weighted by molar-refractivity contribution is 5.93. The summed E-state index contributed by atoms with van der Waals surface area (Å²) in [6, 6.07) is 17.0. The molecular weight excluding hydrogens is 524 g/mol. The Morgan fingerprint density at radius 2 is 0.860 bits per heavy atom. The third-order valence-electron chi connectivity index (χ3n) is 7.78. The lowest BCUT2D eigenvalue weighted by molar-refractivity contribution is 0.0600. The van der Waals surface area contributed by atoms with Gasteiger partial charge in [0.05, 0.1) is 12.7 Å². The summed E-state index contributed by atoms with van der Waals surface area (Å²) in [7, 11) is 1.40. The van der Waals surface area contributed by atoms with Gasteiger partial charge in [-0.2, -0.15) is 0 Å². The van der Waals surface area contributed by atoms with Gasteiger partial charge < -0.3 is 4.74 Å². The van der Waals surface area contributed by atoms with Crippen LogP contribution in [0.5, 0.6) is 0 Å². The lowest BCUT2D eigenvalue weighted by Gasteiger charge is -2.25. The molecule has 2 nitrogen and oxygen atoms in total. The minimum Gasteiger partial charge on any atom is -0.465 e. The zero-order valence-corrected chi connectivity index (χ0v) is 28.9. The van der Waals surface area contributed by atoms with Crippen molar-refractivity contribution in [3.63, 3.8) is 0 Å². The number of benzene rings is 3.